The fraction of sp³-hybridized carbons (Fsp3) is 0.917. The van der Waals surface area contributed by atoms with E-state index in [2.05, 4.69) is 17.2 Å². The summed E-state index contributed by atoms with van der Waals surface area (Å²) in [5, 5.41) is 3.58. The van der Waals surface area contributed by atoms with Gasteiger partial charge in [-0.3, -0.25) is 4.99 Å². The standard InChI is InChI=1S/C12H22N2/c1-10(9-11-6-7-11)14-12-5-3-2-4-8-13-12/h10-11H,2-9H2,1H3,(H,13,14). The number of nitrogens with one attached hydrogen (secondary N) is 1. The quantitative estimate of drug-likeness (QED) is 0.734. The van der Waals surface area contributed by atoms with Gasteiger partial charge in [-0.1, -0.05) is 19.3 Å². The van der Waals surface area contributed by atoms with Gasteiger partial charge in [0.05, 0.1) is 5.84 Å². The predicted octanol–water partition coefficient (Wildman–Crippen LogP) is 2.74. The van der Waals surface area contributed by atoms with Gasteiger partial charge in [-0.2, -0.15) is 0 Å². The summed E-state index contributed by atoms with van der Waals surface area (Å²) in [6.07, 6.45) is 9.39. The van der Waals surface area contributed by atoms with Crippen molar-refractivity contribution >= 4 is 5.84 Å². The van der Waals surface area contributed by atoms with Crippen LogP contribution in [-0.4, -0.2) is 18.4 Å². The summed E-state index contributed by atoms with van der Waals surface area (Å²) in [6, 6.07) is 0.638. The summed E-state index contributed by atoms with van der Waals surface area (Å²) >= 11 is 0. The first-order chi connectivity index (χ1) is 6.84. The lowest BCUT2D eigenvalue weighted by Gasteiger charge is -2.15. The number of hydrogen-bond donors (Lipinski definition) is 1. The molecule has 1 N–H and O–H groups in total. The van der Waals surface area contributed by atoms with Crippen molar-refractivity contribution in [3.8, 4) is 0 Å². The predicted molar refractivity (Wildman–Crippen MR) is 60.7 cm³/mol. The molecule has 1 fully saturated rings. The average Bonchev–Trinajstić information content (AvgIpc) is 2.93. The first-order valence-electron chi connectivity index (χ1n) is 6.14. The van der Waals surface area contributed by atoms with E-state index >= 15 is 0 Å². The summed E-state index contributed by atoms with van der Waals surface area (Å²) < 4.78 is 0. The number of amidine groups is 1. The van der Waals surface area contributed by atoms with Crippen LogP contribution in [0.15, 0.2) is 4.99 Å². The van der Waals surface area contributed by atoms with Crippen LogP contribution in [0.25, 0.3) is 0 Å². The van der Waals surface area contributed by atoms with Crippen LogP contribution in [0.4, 0.5) is 0 Å². The molecule has 2 aliphatic rings. The van der Waals surface area contributed by atoms with Crippen molar-refractivity contribution in [3.63, 3.8) is 0 Å². The van der Waals surface area contributed by atoms with Crippen molar-refractivity contribution in [2.75, 3.05) is 6.54 Å². The molecular formula is C12H22N2. The van der Waals surface area contributed by atoms with Gasteiger partial charge >= 0.3 is 0 Å². The van der Waals surface area contributed by atoms with E-state index in [0.29, 0.717) is 6.04 Å². The zero-order valence-corrected chi connectivity index (χ0v) is 9.26. The lowest BCUT2D eigenvalue weighted by molar-refractivity contribution is 0.557. The molecule has 1 atom stereocenters. The van der Waals surface area contributed by atoms with Crippen LogP contribution in [0.5, 0.6) is 0 Å². The fourth-order valence-corrected chi connectivity index (χ4v) is 2.19. The van der Waals surface area contributed by atoms with Gasteiger partial charge in [0.2, 0.25) is 0 Å². The van der Waals surface area contributed by atoms with Gasteiger partial charge in [0.25, 0.3) is 0 Å². The first kappa shape index (κ1) is 10.0. The number of rotatable bonds is 3. The zero-order valence-electron chi connectivity index (χ0n) is 9.26. The van der Waals surface area contributed by atoms with Crippen LogP contribution in [0.3, 0.4) is 0 Å². The third-order valence-electron chi connectivity index (χ3n) is 3.17. The fourth-order valence-electron chi connectivity index (χ4n) is 2.19. The SMILES string of the molecule is CC(CC1CC1)NC1=NCCCCC1. The van der Waals surface area contributed by atoms with Gasteiger partial charge in [-0.25, -0.2) is 0 Å². The van der Waals surface area contributed by atoms with Crippen molar-refractivity contribution < 1.29 is 0 Å². The summed E-state index contributed by atoms with van der Waals surface area (Å²) in [5.74, 6) is 2.29. The molecule has 0 saturated heterocycles. The largest absolute Gasteiger partial charge is 0.371 e. The molecular weight excluding hydrogens is 172 g/mol. The summed E-state index contributed by atoms with van der Waals surface area (Å²) in [6.45, 7) is 3.34. The van der Waals surface area contributed by atoms with Gasteiger partial charge < -0.3 is 5.32 Å². The monoisotopic (exact) mass is 194 g/mol. The number of nitrogens with zero attached hydrogens (tertiary/aromatic N) is 1. The van der Waals surface area contributed by atoms with E-state index in [1.807, 2.05) is 0 Å². The summed E-state index contributed by atoms with van der Waals surface area (Å²) in [7, 11) is 0. The highest BCUT2D eigenvalue weighted by atomic mass is 15.0. The number of aliphatic imine (C=N–C) groups is 1. The molecule has 2 nitrogen and oxygen atoms in total. The molecule has 1 heterocycles. The highest BCUT2D eigenvalue weighted by molar-refractivity contribution is 5.82. The molecule has 0 aromatic carbocycles. The molecule has 1 unspecified atom stereocenters. The Bertz CT molecular complexity index is 206. The van der Waals surface area contributed by atoms with Gasteiger partial charge in [0.1, 0.15) is 0 Å². The van der Waals surface area contributed by atoms with E-state index < -0.39 is 0 Å². The minimum absolute atomic E-state index is 0.638. The van der Waals surface area contributed by atoms with Gasteiger partial charge in [0.15, 0.2) is 0 Å². The minimum Gasteiger partial charge on any atom is -0.371 e. The smallest absolute Gasteiger partial charge is 0.0965 e. The van der Waals surface area contributed by atoms with Crippen LogP contribution in [0.1, 0.15) is 51.9 Å². The average molecular weight is 194 g/mol. The van der Waals surface area contributed by atoms with Crippen molar-refractivity contribution in [1.82, 2.24) is 5.32 Å². The molecule has 1 saturated carbocycles. The molecule has 0 radical (unpaired) electrons. The zero-order chi connectivity index (χ0) is 9.80. The Kier molecular flexibility index (Phi) is 3.44. The van der Waals surface area contributed by atoms with E-state index in [0.717, 1.165) is 12.5 Å². The van der Waals surface area contributed by atoms with E-state index in [1.165, 1.54) is 50.8 Å². The third-order valence-corrected chi connectivity index (χ3v) is 3.17. The summed E-state index contributed by atoms with van der Waals surface area (Å²) in [4.78, 5) is 4.60. The number of hydrogen-bond acceptors (Lipinski definition) is 2. The molecule has 1 aliphatic heterocycles. The van der Waals surface area contributed by atoms with Crippen LogP contribution in [-0.2, 0) is 0 Å². The van der Waals surface area contributed by atoms with Crippen LogP contribution >= 0.6 is 0 Å². The highest BCUT2D eigenvalue weighted by Gasteiger charge is 2.23. The highest BCUT2D eigenvalue weighted by Crippen LogP contribution is 2.33. The Hall–Kier alpha value is -0.530. The second kappa shape index (κ2) is 4.81. The second-order valence-electron chi connectivity index (χ2n) is 4.86. The van der Waals surface area contributed by atoms with E-state index in [1.54, 1.807) is 0 Å². The Labute approximate surface area is 87.2 Å². The summed E-state index contributed by atoms with van der Waals surface area (Å²) in [5.41, 5.74) is 0. The Morgan fingerprint density at radius 1 is 1.36 bits per heavy atom. The van der Waals surface area contributed by atoms with E-state index in [4.69, 9.17) is 0 Å². The molecule has 2 rings (SSSR count). The Morgan fingerprint density at radius 2 is 2.21 bits per heavy atom. The van der Waals surface area contributed by atoms with Gasteiger partial charge in [-0.05, 0) is 32.1 Å². The lowest BCUT2D eigenvalue weighted by atomic mass is 10.1. The molecule has 0 spiro atoms. The second-order valence-corrected chi connectivity index (χ2v) is 4.86. The molecule has 0 aromatic rings. The maximum Gasteiger partial charge on any atom is 0.0965 e. The first-order valence-corrected chi connectivity index (χ1v) is 6.14. The molecule has 1 aliphatic carbocycles. The van der Waals surface area contributed by atoms with E-state index in [9.17, 15) is 0 Å². The van der Waals surface area contributed by atoms with Crippen LogP contribution < -0.4 is 5.32 Å². The van der Waals surface area contributed by atoms with Crippen molar-refractivity contribution in [2.24, 2.45) is 10.9 Å². The Balaban J connectivity index is 1.73. The topological polar surface area (TPSA) is 24.4 Å². The molecule has 0 aromatic heterocycles. The van der Waals surface area contributed by atoms with Crippen LogP contribution in [0, 0.1) is 5.92 Å². The minimum atomic E-state index is 0.638. The molecule has 0 amide bonds. The van der Waals surface area contributed by atoms with Crippen molar-refractivity contribution in [2.45, 2.75) is 57.9 Å². The lowest BCUT2D eigenvalue weighted by Crippen LogP contribution is -2.32. The normalized spacial score (nSPS) is 25.1. The van der Waals surface area contributed by atoms with Crippen LogP contribution in [0.2, 0.25) is 0 Å². The van der Waals surface area contributed by atoms with E-state index in [-0.39, 0.29) is 0 Å². The van der Waals surface area contributed by atoms with Gasteiger partial charge in [0, 0.05) is 19.0 Å². The maximum absolute atomic E-state index is 4.60. The third kappa shape index (κ3) is 3.32. The maximum atomic E-state index is 4.60. The Morgan fingerprint density at radius 3 is 3.00 bits per heavy atom. The van der Waals surface area contributed by atoms with Gasteiger partial charge in [-0.15, -0.1) is 0 Å². The molecule has 80 valence electrons. The molecule has 2 heteroatoms. The molecule has 14 heavy (non-hydrogen) atoms. The molecule has 0 bridgehead atoms. The van der Waals surface area contributed by atoms with Crippen molar-refractivity contribution in [3.05, 3.63) is 0 Å². The van der Waals surface area contributed by atoms with Crippen molar-refractivity contribution in [1.29, 1.82) is 0 Å².